The minimum absolute atomic E-state index is 0.0702. The Morgan fingerprint density at radius 3 is 2.84 bits per heavy atom. The van der Waals surface area contributed by atoms with Gasteiger partial charge in [-0.25, -0.2) is 9.59 Å². The highest BCUT2D eigenvalue weighted by Crippen LogP contribution is 2.08. The number of likely N-dealkylation sites (N-methyl/N-ethyl adjacent to an activating group) is 1. The average Bonchev–Trinajstić information content (AvgIpc) is 2.37. The number of amides is 3. The molecule has 0 saturated carbocycles. The van der Waals surface area contributed by atoms with Gasteiger partial charge in [-0.3, -0.25) is 9.69 Å². The van der Waals surface area contributed by atoms with Crippen molar-refractivity contribution in [1.82, 2.24) is 15.1 Å². The van der Waals surface area contributed by atoms with Crippen molar-refractivity contribution in [1.29, 1.82) is 0 Å². The van der Waals surface area contributed by atoms with Crippen molar-refractivity contribution in [2.24, 2.45) is 0 Å². The quantitative estimate of drug-likeness (QED) is 0.623. The molecule has 8 heteroatoms. The minimum atomic E-state index is -1.13. The van der Waals surface area contributed by atoms with Gasteiger partial charge in [0.2, 0.25) is 5.91 Å². The molecular weight excluding hydrogens is 254 g/mol. The summed E-state index contributed by atoms with van der Waals surface area (Å²) < 4.78 is 5.13. The van der Waals surface area contributed by atoms with Crippen molar-refractivity contribution in [2.75, 3.05) is 39.9 Å². The monoisotopic (exact) mass is 273 g/mol. The highest BCUT2D eigenvalue weighted by Gasteiger charge is 2.36. The van der Waals surface area contributed by atoms with Gasteiger partial charge >= 0.3 is 12.0 Å². The first-order chi connectivity index (χ1) is 8.97. The van der Waals surface area contributed by atoms with Crippen LogP contribution in [0.1, 0.15) is 6.92 Å². The van der Waals surface area contributed by atoms with Crippen LogP contribution in [0.15, 0.2) is 0 Å². The fraction of sp³-hybridized carbons (Fsp3) is 0.727. The summed E-state index contributed by atoms with van der Waals surface area (Å²) in [5, 5.41) is 11.5. The number of hydrogen-bond donors (Lipinski definition) is 2. The van der Waals surface area contributed by atoms with Gasteiger partial charge in [-0.15, -0.1) is 0 Å². The van der Waals surface area contributed by atoms with Gasteiger partial charge in [0.05, 0.1) is 6.61 Å². The molecule has 1 atom stereocenters. The molecule has 1 heterocycles. The van der Waals surface area contributed by atoms with Crippen LogP contribution < -0.4 is 5.32 Å². The van der Waals surface area contributed by atoms with Crippen molar-refractivity contribution in [3.05, 3.63) is 0 Å². The fourth-order valence-electron chi connectivity index (χ4n) is 1.72. The van der Waals surface area contributed by atoms with Crippen molar-refractivity contribution >= 4 is 17.9 Å². The molecular formula is C11H19N3O5. The average molecular weight is 273 g/mol. The topological polar surface area (TPSA) is 99.2 Å². The predicted octanol–water partition coefficient (Wildman–Crippen LogP) is -1.04. The van der Waals surface area contributed by atoms with E-state index in [1.165, 1.54) is 4.90 Å². The van der Waals surface area contributed by atoms with E-state index in [9.17, 15) is 14.4 Å². The maximum Gasteiger partial charge on any atom is 0.328 e. The SMILES string of the molecule is CCOCCN(C)C(=O)N1CC(=O)NCC1C(=O)O. The van der Waals surface area contributed by atoms with E-state index >= 15 is 0 Å². The first-order valence-electron chi connectivity index (χ1n) is 6.06. The normalized spacial score (nSPS) is 18.9. The molecule has 1 aliphatic rings. The van der Waals surface area contributed by atoms with Crippen LogP contribution in [0.2, 0.25) is 0 Å². The first-order valence-corrected chi connectivity index (χ1v) is 6.06. The van der Waals surface area contributed by atoms with E-state index in [1.54, 1.807) is 7.05 Å². The fourth-order valence-corrected chi connectivity index (χ4v) is 1.72. The summed E-state index contributed by atoms with van der Waals surface area (Å²) in [4.78, 5) is 36.9. The van der Waals surface area contributed by atoms with Crippen molar-refractivity contribution in [3.8, 4) is 0 Å². The van der Waals surface area contributed by atoms with Crippen LogP contribution in [-0.2, 0) is 14.3 Å². The zero-order valence-electron chi connectivity index (χ0n) is 11.1. The molecule has 108 valence electrons. The molecule has 1 aliphatic heterocycles. The predicted molar refractivity (Wildman–Crippen MR) is 65.7 cm³/mol. The molecule has 1 fully saturated rings. The molecule has 1 rings (SSSR count). The van der Waals surface area contributed by atoms with Gasteiger partial charge in [-0.05, 0) is 6.92 Å². The molecule has 8 nitrogen and oxygen atoms in total. The number of nitrogens with one attached hydrogen (secondary N) is 1. The highest BCUT2D eigenvalue weighted by molar-refractivity contribution is 5.90. The number of carbonyl (C=O) groups is 3. The van der Waals surface area contributed by atoms with E-state index in [2.05, 4.69) is 5.32 Å². The molecule has 19 heavy (non-hydrogen) atoms. The largest absolute Gasteiger partial charge is 0.480 e. The second kappa shape index (κ2) is 6.93. The summed E-state index contributed by atoms with van der Waals surface area (Å²) in [5.41, 5.74) is 0. The Hall–Kier alpha value is -1.83. The van der Waals surface area contributed by atoms with Gasteiger partial charge in [-0.2, -0.15) is 0 Å². The lowest BCUT2D eigenvalue weighted by Crippen LogP contribution is -2.61. The maximum atomic E-state index is 12.1. The third-order valence-corrected chi connectivity index (χ3v) is 2.82. The van der Waals surface area contributed by atoms with Crippen LogP contribution in [-0.4, -0.2) is 78.8 Å². The van der Waals surface area contributed by atoms with E-state index in [0.717, 1.165) is 4.90 Å². The zero-order valence-corrected chi connectivity index (χ0v) is 11.1. The molecule has 0 spiro atoms. The van der Waals surface area contributed by atoms with E-state index in [-0.39, 0.29) is 19.0 Å². The van der Waals surface area contributed by atoms with Crippen LogP contribution in [0.25, 0.3) is 0 Å². The second-order valence-electron chi connectivity index (χ2n) is 4.19. The summed E-state index contributed by atoms with van der Waals surface area (Å²) in [6.45, 7) is 2.80. The van der Waals surface area contributed by atoms with Gasteiger partial charge < -0.3 is 20.1 Å². The molecule has 2 N–H and O–H groups in total. The number of piperazine rings is 1. The van der Waals surface area contributed by atoms with Gasteiger partial charge in [-0.1, -0.05) is 0 Å². The van der Waals surface area contributed by atoms with Crippen LogP contribution in [0.5, 0.6) is 0 Å². The number of aliphatic carboxylic acids is 1. The first kappa shape index (κ1) is 15.2. The number of nitrogens with zero attached hydrogens (tertiary/aromatic N) is 2. The van der Waals surface area contributed by atoms with Gasteiger partial charge in [0.1, 0.15) is 12.6 Å². The van der Waals surface area contributed by atoms with E-state index in [1.807, 2.05) is 6.92 Å². The molecule has 1 saturated heterocycles. The zero-order chi connectivity index (χ0) is 14.4. The van der Waals surface area contributed by atoms with Crippen molar-refractivity contribution < 1.29 is 24.2 Å². The van der Waals surface area contributed by atoms with Crippen molar-refractivity contribution in [3.63, 3.8) is 0 Å². The van der Waals surface area contributed by atoms with E-state index in [0.29, 0.717) is 19.8 Å². The lowest BCUT2D eigenvalue weighted by molar-refractivity contribution is -0.144. The van der Waals surface area contributed by atoms with Crippen LogP contribution in [0, 0.1) is 0 Å². The van der Waals surface area contributed by atoms with Crippen LogP contribution >= 0.6 is 0 Å². The molecule has 0 aromatic carbocycles. The molecule has 0 aliphatic carbocycles. The van der Waals surface area contributed by atoms with Crippen LogP contribution in [0.3, 0.4) is 0 Å². The highest BCUT2D eigenvalue weighted by atomic mass is 16.5. The second-order valence-corrected chi connectivity index (χ2v) is 4.19. The number of rotatable bonds is 5. The summed E-state index contributed by atoms with van der Waals surface area (Å²) >= 11 is 0. The number of urea groups is 1. The summed E-state index contributed by atoms with van der Waals surface area (Å²) in [5.74, 6) is -1.49. The van der Waals surface area contributed by atoms with Crippen LogP contribution in [0.4, 0.5) is 4.79 Å². The molecule has 0 aromatic rings. The Labute approximate surface area is 111 Å². The molecule has 3 amide bonds. The van der Waals surface area contributed by atoms with E-state index < -0.39 is 18.0 Å². The third kappa shape index (κ3) is 4.09. The Bertz CT molecular complexity index is 360. The number of carboxylic acids is 1. The van der Waals surface area contributed by atoms with Gasteiger partial charge in [0.25, 0.3) is 0 Å². The Morgan fingerprint density at radius 1 is 1.58 bits per heavy atom. The number of carbonyl (C=O) groups excluding carboxylic acids is 2. The Balaban J connectivity index is 2.64. The minimum Gasteiger partial charge on any atom is -0.480 e. The van der Waals surface area contributed by atoms with E-state index in [4.69, 9.17) is 9.84 Å². The lowest BCUT2D eigenvalue weighted by atomic mass is 10.2. The standard InChI is InChI=1S/C11H19N3O5/c1-3-19-5-4-13(2)11(18)14-7-9(15)12-6-8(14)10(16)17/h8H,3-7H2,1-2H3,(H,12,15)(H,16,17). The number of ether oxygens (including phenoxy) is 1. The van der Waals surface area contributed by atoms with Crippen molar-refractivity contribution in [2.45, 2.75) is 13.0 Å². The number of carboxylic acid groups (broad SMARTS) is 1. The Morgan fingerprint density at radius 2 is 2.26 bits per heavy atom. The smallest absolute Gasteiger partial charge is 0.328 e. The summed E-state index contributed by atoms with van der Waals surface area (Å²) in [7, 11) is 1.55. The molecule has 1 unspecified atom stereocenters. The lowest BCUT2D eigenvalue weighted by Gasteiger charge is -2.35. The molecule has 0 bridgehead atoms. The Kier molecular flexibility index (Phi) is 5.56. The molecule has 0 radical (unpaired) electrons. The number of hydrogen-bond acceptors (Lipinski definition) is 4. The van der Waals surface area contributed by atoms with Gasteiger partial charge in [0, 0.05) is 26.7 Å². The molecule has 0 aromatic heterocycles. The van der Waals surface area contributed by atoms with Gasteiger partial charge in [0.15, 0.2) is 0 Å². The third-order valence-electron chi connectivity index (χ3n) is 2.82. The summed E-state index contributed by atoms with van der Waals surface area (Å²) in [6.07, 6.45) is 0. The summed E-state index contributed by atoms with van der Waals surface area (Å²) in [6, 6.07) is -1.51. The maximum absolute atomic E-state index is 12.1.